The van der Waals surface area contributed by atoms with Gasteiger partial charge in [0.15, 0.2) is 0 Å². The summed E-state index contributed by atoms with van der Waals surface area (Å²) in [5, 5.41) is 20.3. The van der Waals surface area contributed by atoms with E-state index < -0.39 is 11.0 Å². The van der Waals surface area contributed by atoms with Gasteiger partial charge in [0.1, 0.15) is 5.60 Å². The second-order valence-corrected chi connectivity index (χ2v) is 5.34. The summed E-state index contributed by atoms with van der Waals surface area (Å²) in [5.74, 6) is 0. The first-order chi connectivity index (χ1) is 8.02. The van der Waals surface area contributed by atoms with Crippen molar-refractivity contribution in [2.75, 3.05) is 0 Å². The van der Waals surface area contributed by atoms with Gasteiger partial charge in [0.05, 0.1) is 11.5 Å². The Hall–Kier alpha value is -1.33. The van der Waals surface area contributed by atoms with Crippen molar-refractivity contribution in [2.45, 2.75) is 45.1 Å². The van der Waals surface area contributed by atoms with Crippen molar-refractivity contribution < 1.29 is 5.11 Å². The van der Waals surface area contributed by atoms with Crippen LogP contribution in [0.3, 0.4) is 0 Å². The number of hydrogen-bond acceptors (Lipinski definition) is 2. The summed E-state index contributed by atoms with van der Waals surface area (Å²) in [6.45, 7) is 3.81. The minimum absolute atomic E-state index is 0.609. The van der Waals surface area contributed by atoms with Gasteiger partial charge in [-0.15, -0.1) is 0 Å². The lowest BCUT2D eigenvalue weighted by atomic mass is 9.69. The summed E-state index contributed by atoms with van der Waals surface area (Å²) in [6.07, 6.45) is 3.67. The van der Waals surface area contributed by atoms with E-state index in [1.54, 1.807) is 6.92 Å². The molecule has 0 saturated heterocycles. The van der Waals surface area contributed by atoms with E-state index in [1.165, 1.54) is 5.56 Å². The lowest BCUT2D eigenvalue weighted by Gasteiger charge is -2.37. The normalized spacial score (nSPS) is 21.8. The van der Waals surface area contributed by atoms with E-state index in [2.05, 4.69) is 6.07 Å². The predicted octanol–water partition coefficient (Wildman–Crippen LogP) is 3.29. The molecule has 0 heterocycles. The largest absolute Gasteiger partial charge is 0.384 e. The van der Waals surface area contributed by atoms with Crippen LogP contribution < -0.4 is 0 Å². The maximum absolute atomic E-state index is 10.8. The fourth-order valence-corrected chi connectivity index (χ4v) is 2.84. The lowest BCUT2D eigenvalue weighted by molar-refractivity contribution is -0.0422. The van der Waals surface area contributed by atoms with Crippen LogP contribution in [0.5, 0.6) is 0 Å². The van der Waals surface area contributed by atoms with Gasteiger partial charge >= 0.3 is 0 Å². The number of aliphatic hydroxyl groups is 1. The maximum atomic E-state index is 10.8. The SMILES string of the molecule is Cc1ccc(C(C)(O)C2(C#N)CCCC2)cc1. The molecule has 2 heteroatoms. The lowest BCUT2D eigenvalue weighted by Crippen LogP contribution is -2.40. The molecule has 2 rings (SSSR count). The molecule has 0 bridgehead atoms. The Morgan fingerprint density at radius 2 is 1.76 bits per heavy atom. The fraction of sp³-hybridized carbons (Fsp3) is 0.533. The third-order valence-corrected chi connectivity index (χ3v) is 4.22. The molecule has 2 nitrogen and oxygen atoms in total. The van der Waals surface area contributed by atoms with E-state index in [-0.39, 0.29) is 0 Å². The van der Waals surface area contributed by atoms with E-state index in [4.69, 9.17) is 0 Å². The molecule has 0 aliphatic heterocycles. The fourth-order valence-electron chi connectivity index (χ4n) is 2.84. The van der Waals surface area contributed by atoms with Gasteiger partial charge in [-0.1, -0.05) is 42.7 Å². The molecule has 0 spiro atoms. The van der Waals surface area contributed by atoms with Gasteiger partial charge in [-0.25, -0.2) is 0 Å². The van der Waals surface area contributed by atoms with Crippen molar-refractivity contribution in [1.82, 2.24) is 0 Å². The van der Waals surface area contributed by atoms with Crippen molar-refractivity contribution in [3.8, 4) is 6.07 Å². The predicted molar refractivity (Wildman–Crippen MR) is 67.3 cm³/mol. The zero-order valence-corrected chi connectivity index (χ0v) is 10.5. The van der Waals surface area contributed by atoms with E-state index in [0.29, 0.717) is 0 Å². The van der Waals surface area contributed by atoms with E-state index in [9.17, 15) is 10.4 Å². The van der Waals surface area contributed by atoms with Crippen LogP contribution in [0.15, 0.2) is 24.3 Å². The highest BCUT2D eigenvalue weighted by atomic mass is 16.3. The number of benzene rings is 1. The van der Waals surface area contributed by atoms with Gasteiger partial charge in [-0.05, 0) is 32.3 Å². The van der Waals surface area contributed by atoms with E-state index in [1.807, 2.05) is 31.2 Å². The summed E-state index contributed by atoms with van der Waals surface area (Å²) in [5.41, 5.74) is 0.363. The van der Waals surface area contributed by atoms with Gasteiger partial charge in [-0.2, -0.15) is 5.26 Å². The zero-order valence-electron chi connectivity index (χ0n) is 10.5. The molecular formula is C15H19NO. The van der Waals surface area contributed by atoms with Crippen LogP contribution in [-0.4, -0.2) is 5.11 Å². The summed E-state index contributed by atoms with van der Waals surface area (Å²) in [7, 11) is 0. The maximum Gasteiger partial charge on any atom is 0.105 e. The number of nitriles is 1. The Morgan fingerprint density at radius 3 is 2.24 bits per heavy atom. The molecule has 1 N–H and O–H groups in total. The van der Waals surface area contributed by atoms with Crippen LogP contribution in [0.4, 0.5) is 0 Å². The summed E-state index contributed by atoms with van der Waals surface area (Å²) in [6, 6.07) is 10.2. The standard InChI is InChI=1S/C15H19NO/c1-12-5-7-13(8-6-12)14(2,17)15(11-16)9-3-4-10-15/h5-8,17H,3-4,9-10H2,1-2H3. The van der Waals surface area contributed by atoms with Gasteiger partial charge in [0, 0.05) is 0 Å². The Morgan fingerprint density at radius 1 is 1.24 bits per heavy atom. The highest BCUT2D eigenvalue weighted by molar-refractivity contribution is 5.31. The third kappa shape index (κ3) is 1.85. The van der Waals surface area contributed by atoms with Crippen LogP contribution in [0.25, 0.3) is 0 Å². The van der Waals surface area contributed by atoms with Crippen LogP contribution in [0, 0.1) is 23.7 Å². The number of nitrogens with zero attached hydrogens (tertiary/aromatic N) is 1. The summed E-state index contributed by atoms with van der Waals surface area (Å²) >= 11 is 0. The molecule has 90 valence electrons. The number of aryl methyl sites for hydroxylation is 1. The summed E-state index contributed by atoms with van der Waals surface area (Å²) < 4.78 is 0. The van der Waals surface area contributed by atoms with Crippen molar-refractivity contribution >= 4 is 0 Å². The van der Waals surface area contributed by atoms with Gasteiger partial charge in [0.25, 0.3) is 0 Å². The first kappa shape index (κ1) is 12.1. The molecular weight excluding hydrogens is 210 g/mol. The van der Waals surface area contributed by atoms with E-state index in [0.717, 1.165) is 31.2 Å². The number of rotatable bonds is 2. The molecule has 0 radical (unpaired) electrons. The van der Waals surface area contributed by atoms with Crippen molar-refractivity contribution in [3.63, 3.8) is 0 Å². The van der Waals surface area contributed by atoms with Crippen molar-refractivity contribution in [3.05, 3.63) is 35.4 Å². The smallest absolute Gasteiger partial charge is 0.105 e. The van der Waals surface area contributed by atoms with Crippen LogP contribution in [0.2, 0.25) is 0 Å². The Kier molecular flexibility index (Phi) is 2.97. The molecule has 17 heavy (non-hydrogen) atoms. The quantitative estimate of drug-likeness (QED) is 0.845. The summed E-state index contributed by atoms with van der Waals surface area (Å²) in [4.78, 5) is 0. The molecule has 1 aromatic carbocycles. The van der Waals surface area contributed by atoms with Gasteiger partial charge in [0.2, 0.25) is 0 Å². The molecule has 0 amide bonds. The molecule has 1 aromatic rings. The van der Waals surface area contributed by atoms with Crippen LogP contribution in [0.1, 0.15) is 43.7 Å². The molecule has 1 fully saturated rings. The van der Waals surface area contributed by atoms with Gasteiger partial charge in [-0.3, -0.25) is 0 Å². The minimum atomic E-state index is -1.05. The van der Waals surface area contributed by atoms with Gasteiger partial charge < -0.3 is 5.11 Å². The highest BCUT2D eigenvalue weighted by Crippen LogP contribution is 2.50. The molecule has 1 aliphatic rings. The first-order valence-corrected chi connectivity index (χ1v) is 6.23. The molecule has 0 aromatic heterocycles. The van der Waals surface area contributed by atoms with Crippen LogP contribution in [-0.2, 0) is 5.60 Å². The highest BCUT2D eigenvalue weighted by Gasteiger charge is 2.50. The van der Waals surface area contributed by atoms with E-state index >= 15 is 0 Å². The average molecular weight is 229 g/mol. The Bertz CT molecular complexity index is 433. The average Bonchev–Trinajstić information content (AvgIpc) is 2.79. The second-order valence-electron chi connectivity index (χ2n) is 5.34. The van der Waals surface area contributed by atoms with Crippen molar-refractivity contribution in [1.29, 1.82) is 5.26 Å². The van der Waals surface area contributed by atoms with Crippen LogP contribution >= 0.6 is 0 Å². The molecule has 1 atom stereocenters. The topological polar surface area (TPSA) is 44.0 Å². The molecule has 1 saturated carbocycles. The number of hydrogen-bond donors (Lipinski definition) is 1. The second kappa shape index (κ2) is 4.16. The molecule has 1 aliphatic carbocycles. The third-order valence-electron chi connectivity index (χ3n) is 4.22. The monoisotopic (exact) mass is 229 g/mol. The first-order valence-electron chi connectivity index (χ1n) is 6.23. The molecule has 1 unspecified atom stereocenters. The Labute approximate surface area is 103 Å². The Balaban J connectivity index is 2.41. The zero-order chi connectivity index (χ0) is 12.5. The van der Waals surface area contributed by atoms with Crippen molar-refractivity contribution in [2.24, 2.45) is 5.41 Å². The minimum Gasteiger partial charge on any atom is -0.384 e.